The molecule has 1 aliphatic rings. The molecule has 1 saturated carbocycles. The van der Waals surface area contributed by atoms with Gasteiger partial charge in [0.1, 0.15) is 0 Å². The van der Waals surface area contributed by atoms with E-state index in [0.29, 0.717) is 6.04 Å². The first-order valence-electron chi connectivity index (χ1n) is 6.94. The van der Waals surface area contributed by atoms with E-state index in [9.17, 15) is 0 Å². The molecule has 2 nitrogen and oxygen atoms in total. The van der Waals surface area contributed by atoms with E-state index < -0.39 is 0 Å². The van der Waals surface area contributed by atoms with Crippen molar-refractivity contribution in [2.24, 2.45) is 0 Å². The van der Waals surface area contributed by atoms with Gasteiger partial charge in [-0.15, -0.1) is 0 Å². The van der Waals surface area contributed by atoms with Crippen LogP contribution in [0.5, 0.6) is 0 Å². The Balaban J connectivity index is 1.69. The zero-order chi connectivity index (χ0) is 13.1. The lowest BCUT2D eigenvalue weighted by Crippen LogP contribution is -2.26. The van der Waals surface area contributed by atoms with Gasteiger partial charge in [-0.2, -0.15) is 11.8 Å². The van der Waals surface area contributed by atoms with Crippen molar-refractivity contribution in [3.63, 3.8) is 0 Å². The highest BCUT2D eigenvalue weighted by Crippen LogP contribution is 2.28. The third kappa shape index (κ3) is 2.93. The van der Waals surface area contributed by atoms with Crippen LogP contribution in [0.25, 0.3) is 10.8 Å². The van der Waals surface area contributed by atoms with Gasteiger partial charge >= 0.3 is 0 Å². The number of pyridine rings is 1. The van der Waals surface area contributed by atoms with Crippen molar-refractivity contribution >= 4 is 22.5 Å². The standard InChI is InChI=1S/C16H20N2S/c1-19-15-6-5-14(9-15)18-11-13-4-2-3-12-10-17-8-7-16(12)13/h2-4,7-8,10,14-15,18H,5-6,9,11H2,1H3. The van der Waals surface area contributed by atoms with E-state index in [2.05, 4.69) is 40.8 Å². The van der Waals surface area contributed by atoms with Gasteiger partial charge in [-0.3, -0.25) is 4.98 Å². The quantitative estimate of drug-likeness (QED) is 0.920. The van der Waals surface area contributed by atoms with Crippen LogP contribution in [0.15, 0.2) is 36.7 Å². The summed E-state index contributed by atoms with van der Waals surface area (Å²) in [5.74, 6) is 0. The number of nitrogens with one attached hydrogen (secondary N) is 1. The molecular weight excluding hydrogens is 252 g/mol. The fourth-order valence-corrected chi connectivity index (χ4v) is 3.73. The van der Waals surface area contributed by atoms with Crippen LogP contribution in [0.2, 0.25) is 0 Å². The number of nitrogens with zero attached hydrogens (tertiary/aromatic N) is 1. The smallest absolute Gasteiger partial charge is 0.0346 e. The molecule has 0 amide bonds. The number of hydrogen-bond donors (Lipinski definition) is 1. The first-order chi connectivity index (χ1) is 9.36. The lowest BCUT2D eigenvalue weighted by Gasteiger charge is -2.14. The maximum absolute atomic E-state index is 4.19. The summed E-state index contributed by atoms with van der Waals surface area (Å²) >= 11 is 2.01. The van der Waals surface area contributed by atoms with Crippen LogP contribution in [0.4, 0.5) is 0 Å². The van der Waals surface area contributed by atoms with Crippen molar-refractivity contribution < 1.29 is 0 Å². The number of benzene rings is 1. The van der Waals surface area contributed by atoms with Crippen molar-refractivity contribution in [2.75, 3.05) is 6.26 Å². The van der Waals surface area contributed by atoms with Crippen molar-refractivity contribution in [3.05, 3.63) is 42.2 Å². The Labute approximate surface area is 119 Å². The van der Waals surface area contributed by atoms with E-state index in [4.69, 9.17) is 0 Å². The van der Waals surface area contributed by atoms with Crippen LogP contribution >= 0.6 is 11.8 Å². The number of thioether (sulfide) groups is 1. The Bertz CT molecular complexity index is 550. The molecule has 1 fully saturated rings. The highest BCUT2D eigenvalue weighted by molar-refractivity contribution is 7.99. The molecule has 0 spiro atoms. The highest BCUT2D eigenvalue weighted by Gasteiger charge is 2.23. The van der Waals surface area contributed by atoms with Crippen LogP contribution in [0.3, 0.4) is 0 Å². The van der Waals surface area contributed by atoms with E-state index in [-0.39, 0.29) is 0 Å². The number of fused-ring (bicyclic) bond motifs is 1. The molecule has 100 valence electrons. The normalized spacial score (nSPS) is 23.0. The fraction of sp³-hybridized carbons (Fsp3) is 0.438. The molecule has 19 heavy (non-hydrogen) atoms. The van der Waals surface area contributed by atoms with Crippen LogP contribution in [-0.4, -0.2) is 22.5 Å². The van der Waals surface area contributed by atoms with E-state index in [1.165, 1.54) is 35.6 Å². The molecule has 0 bridgehead atoms. The third-order valence-corrected chi connectivity index (χ3v) is 5.16. The molecule has 2 atom stereocenters. The summed E-state index contributed by atoms with van der Waals surface area (Å²) in [6.45, 7) is 0.965. The molecule has 3 heteroatoms. The summed E-state index contributed by atoms with van der Waals surface area (Å²) in [4.78, 5) is 4.19. The monoisotopic (exact) mass is 272 g/mol. The van der Waals surface area contributed by atoms with Gasteiger partial charge in [0.2, 0.25) is 0 Å². The molecule has 0 radical (unpaired) electrons. The first-order valence-corrected chi connectivity index (χ1v) is 8.23. The van der Waals surface area contributed by atoms with E-state index >= 15 is 0 Å². The summed E-state index contributed by atoms with van der Waals surface area (Å²) in [7, 11) is 0. The van der Waals surface area contributed by atoms with Gasteiger partial charge in [-0.25, -0.2) is 0 Å². The fourth-order valence-electron chi connectivity index (χ4n) is 2.94. The molecule has 1 aromatic heterocycles. The number of rotatable bonds is 4. The van der Waals surface area contributed by atoms with Crippen LogP contribution in [0, 0.1) is 0 Å². The zero-order valence-corrected chi connectivity index (χ0v) is 12.1. The largest absolute Gasteiger partial charge is 0.310 e. The van der Waals surface area contributed by atoms with Crippen molar-refractivity contribution in [1.82, 2.24) is 10.3 Å². The SMILES string of the molecule is CSC1CCC(NCc2cccc3cnccc23)C1. The molecule has 1 N–H and O–H groups in total. The van der Waals surface area contributed by atoms with E-state index in [1.807, 2.05) is 24.2 Å². The minimum Gasteiger partial charge on any atom is -0.310 e. The predicted molar refractivity (Wildman–Crippen MR) is 83.5 cm³/mol. The van der Waals surface area contributed by atoms with Crippen molar-refractivity contribution in [2.45, 2.75) is 37.1 Å². The second kappa shape index (κ2) is 5.93. The summed E-state index contributed by atoms with van der Waals surface area (Å²) in [5, 5.41) is 7.13. The van der Waals surface area contributed by atoms with E-state index in [1.54, 1.807) is 0 Å². The van der Waals surface area contributed by atoms with Gasteiger partial charge < -0.3 is 5.32 Å². The molecular formula is C16H20N2S. The minimum absolute atomic E-state index is 0.689. The number of aromatic nitrogens is 1. The lowest BCUT2D eigenvalue weighted by atomic mass is 10.1. The molecule has 1 aromatic carbocycles. The van der Waals surface area contributed by atoms with Crippen LogP contribution in [-0.2, 0) is 6.54 Å². The summed E-state index contributed by atoms with van der Waals surface area (Å²) < 4.78 is 0. The van der Waals surface area contributed by atoms with Gasteiger partial charge in [-0.1, -0.05) is 18.2 Å². The predicted octanol–water partition coefficient (Wildman–Crippen LogP) is 3.61. The molecule has 2 aromatic rings. The Kier molecular flexibility index (Phi) is 4.04. The molecule has 1 heterocycles. The highest BCUT2D eigenvalue weighted by atomic mass is 32.2. The molecule has 3 rings (SSSR count). The Hall–Kier alpha value is -1.06. The van der Waals surface area contributed by atoms with Gasteiger partial charge in [0.05, 0.1) is 0 Å². The average Bonchev–Trinajstić information content (AvgIpc) is 2.93. The van der Waals surface area contributed by atoms with Crippen molar-refractivity contribution in [1.29, 1.82) is 0 Å². The van der Waals surface area contributed by atoms with Gasteiger partial charge in [0, 0.05) is 35.6 Å². The summed E-state index contributed by atoms with van der Waals surface area (Å²) in [6.07, 6.45) is 10.0. The van der Waals surface area contributed by atoms with Gasteiger partial charge in [0.25, 0.3) is 0 Å². The Morgan fingerprint density at radius 3 is 3.11 bits per heavy atom. The van der Waals surface area contributed by atoms with Gasteiger partial charge in [-0.05, 0) is 42.5 Å². The van der Waals surface area contributed by atoms with Crippen LogP contribution in [0.1, 0.15) is 24.8 Å². The minimum atomic E-state index is 0.689. The van der Waals surface area contributed by atoms with E-state index in [0.717, 1.165) is 11.8 Å². The maximum Gasteiger partial charge on any atom is 0.0346 e. The summed E-state index contributed by atoms with van der Waals surface area (Å²) in [6, 6.07) is 9.28. The second-order valence-electron chi connectivity index (χ2n) is 5.26. The molecule has 2 unspecified atom stereocenters. The zero-order valence-electron chi connectivity index (χ0n) is 11.3. The maximum atomic E-state index is 4.19. The molecule has 1 aliphatic carbocycles. The first kappa shape index (κ1) is 12.9. The number of hydrogen-bond acceptors (Lipinski definition) is 3. The lowest BCUT2D eigenvalue weighted by molar-refractivity contribution is 0.526. The Morgan fingerprint density at radius 1 is 1.32 bits per heavy atom. The second-order valence-corrected chi connectivity index (χ2v) is 6.40. The van der Waals surface area contributed by atoms with Crippen molar-refractivity contribution in [3.8, 4) is 0 Å². The average molecular weight is 272 g/mol. The van der Waals surface area contributed by atoms with Crippen LogP contribution < -0.4 is 5.32 Å². The summed E-state index contributed by atoms with van der Waals surface area (Å²) in [5.41, 5.74) is 1.38. The topological polar surface area (TPSA) is 24.9 Å². The third-order valence-electron chi connectivity index (χ3n) is 4.07. The molecule has 0 saturated heterocycles. The molecule has 0 aliphatic heterocycles. The van der Waals surface area contributed by atoms with Gasteiger partial charge in [0.15, 0.2) is 0 Å². The Morgan fingerprint density at radius 2 is 2.26 bits per heavy atom.